The fourth-order valence-electron chi connectivity index (χ4n) is 4.25. The predicted molar refractivity (Wildman–Crippen MR) is 139 cm³/mol. The molecule has 0 bridgehead atoms. The van der Waals surface area contributed by atoms with Gasteiger partial charge >= 0.3 is 0 Å². The summed E-state index contributed by atoms with van der Waals surface area (Å²) in [5, 5.41) is 6.83. The Morgan fingerprint density at radius 1 is 0.559 bits per heavy atom. The van der Waals surface area contributed by atoms with Gasteiger partial charge in [-0.25, -0.2) is 9.67 Å². The van der Waals surface area contributed by atoms with Crippen LogP contribution in [0.25, 0.3) is 27.7 Å². The van der Waals surface area contributed by atoms with Gasteiger partial charge in [0, 0.05) is 23.8 Å². The van der Waals surface area contributed by atoms with Crippen LogP contribution in [0.1, 0.15) is 0 Å². The van der Waals surface area contributed by atoms with Crippen LogP contribution in [0.5, 0.6) is 0 Å². The first-order valence-corrected chi connectivity index (χ1v) is 11.3. The second-order valence-electron chi connectivity index (χ2n) is 8.09. The fraction of sp³-hybridized carbons (Fsp3) is 0. The molecular formula is C30H22N4. The van der Waals surface area contributed by atoms with Crippen LogP contribution in [-0.2, 0) is 0 Å². The number of fused-ring (bicyclic) bond motifs is 1. The van der Waals surface area contributed by atoms with Gasteiger partial charge in [0.15, 0.2) is 5.82 Å². The molecule has 0 saturated heterocycles. The second kappa shape index (κ2) is 8.68. The standard InChI is InChI=1S/C30H22N4/c1-2-12-27(13-3-1)34(30-16-7-15-29(32-30)33-20-8-19-31-33)28-14-6-11-25(22-28)26-18-17-23-9-4-5-10-24(23)21-26/h1-22H. The summed E-state index contributed by atoms with van der Waals surface area (Å²) >= 11 is 0. The zero-order valence-electron chi connectivity index (χ0n) is 18.5. The summed E-state index contributed by atoms with van der Waals surface area (Å²) in [4.78, 5) is 7.12. The minimum Gasteiger partial charge on any atom is -0.295 e. The first-order chi connectivity index (χ1) is 16.8. The molecule has 0 aliphatic carbocycles. The van der Waals surface area contributed by atoms with Crippen molar-refractivity contribution < 1.29 is 0 Å². The summed E-state index contributed by atoms with van der Waals surface area (Å²) in [5.74, 6) is 1.60. The Labute approximate surface area is 198 Å². The van der Waals surface area contributed by atoms with Gasteiger partial charge < -0.3 is 0 Å². The maximum atomic E-state index is 4.94. The van der Waals surface area contributed by atoms with Gasteiger partial charge in [-0.05, 0) is 70.4 Å². The Hall–Kier alpha value is -4.70. The number of hydrogen-bond donors (Lipinski definition) is 0. The first-order valence-electron chi connectivity index (χ1n) is 11.3. The van der Waals surface area contributed by atoms with Gasteiger partial charge in [0.1, 0.15) is 5.82 Å². The van der Waals surface area contributed by atoms with Gasteiger partial charge in [-0.1, -0.05) is 72.8 Å². The van der Waals surface area contributed by atoms with Gasteiger partial charge in [-0.3, -0.25) is 4.90 Å². The van der Waals surface area contributed by atoms with E-state index in [0.717, 1.165) is 28.6 Å². The smallest absolute Gasteiger partial charge is 0.155 e. The lowest BCUT2D eigenvalue weighted by Gasteiger charge is -2.25. The quantitative estimate of drug-likeness (QED) is 0.278. The summed E-state index contributed by atoms with van der Waals surface area (Å²) < 4.78 is 1.78. The van der Waals surface area contributed by atoms with Crippen LogP contribution < -0.4 is 4.90 Å². The molecule has 0 spiro atoms. The van der Waals surface area contributed by atoms with Crippen molar-refractivity contribution in [2.75, 3.05) is 4.90 Å². The topological polar surface area (TPSA) is 34.0 Å². The normalized spacial score (nSPS) is 10.9. The van der Waals surface area contributed by atoms with Crippen LogP contribution in [0.15, 0.2) is 134 Å². The first kappa shape index (κ1) is 19.9. The molecule has 0 saturated carbocycles. The van der Waals surface area contributed by atoms with E-state index in [-0.39, 0.29) is 0 Å². The number of rotatable bonds is 5. The third-order valence-corrected chi connectivity index (χ3v) is 5.89. The molecule has 0 radical (unpaired) electrons. The molecule has 4 aromatic carbocycles. The lowest BCUT2D eigenvalue weighted by molar-refractivity contribution is 0.846. The predicted octanol–water partition coefficient (Wildman–Crippen LogP) is 7.56. The number of hydrogen-bond acceptors (Lipinski definition) is 3. The molecular weight excluding hydrogens is 416 g/mol. The van der Waals surface area contributed by atoms with E-state index in [1.807, 2.05) is 48.7 Å². The summed E-state index contributed by atoms with van der Waals surface area (Å²) in [6.45, 7) is 0. The molecule has 0 amide bonds. The summed E-state index contributed by atoms with van der Waals surface area (Å²) in [7, 11) is 0. The maximum Gasteiger partial charge on any atom is 0.155 e. The highest BCUT2D eigenvalue weighted by Crippen LogP contribution is 2.36. The highest BCUT2D eigenvalue weighted by atomic mass is 15.3. The summed E-state index contributed by atoms with van der Waals surface area (Å²) in [5.41, 5.74) is 4.43. The van der Waals surface area contributed by atoms with Crippen LogP contribution >= 0.6 is 0 Å². The SMILES string of the molecule is c1ccc(N(c2cccc(-c3ccc4ccccc4c3)c2)c2cccc(-n3cccn3)n2)cc1. The number of pyridine rings is 1. The molecule has 0 unspecified atom stereocenters. The molecule has 0 aliphatic rings. The highest BCUT2D eigenvalue weighted by molar-refractivity contribution is 5.88. The average molecular weight is 439 g/mol. The van der Waals surface area contributed by atoms with Crippen LogP contribution in [-0.4, -0.2) is 14.8 Å². The van der Waals surface area contributed by atoms with Crippen molar-refractivity contribution in [3.8, 4) is 16.9 Å². The van der Waals surface area contributed by atoms with E-state index < -0.39 is 0 Å². The molecule has 34 heavy (non-hydrogen) atoms. The van der Waals surface area contributed by atoms with E-state index in [9.17, 15) is 0 Å². The Balaban J connectivity index is 1.47. The molecule has 0 fully saturated rings. The van der Waals surface area contributed by atoms with E-state index in [4.69, 9.17) is 4.98 Å². The van der Waals surface area contributed by atoms with Gasteiger partial charge in [-0.2, -0.15) is 5.10 Å². The van der Waals surface area contributed by atoms with Crippen LogP contribution in [0.4, 0.5) is 17.2 Å². The van der Waals surface area contributed by atoms with Gasteiger partial charge in [0.2, 0.25) is 0 Å². The van der Waals surface area contributed by atoms with Crippen molar-refractivity contribution in [2.45, 2.75) is 0 Å². The van der Waals surface area contributed by atoms with Crippen LogP contribution in [0.3, 0.4) is 0 Å². The molecule has 0 N–H and O–H groups in total. The van der Waals surface area contributed by atoms with Crippen molar-refractivity contribution in [1.29, 1.82) is 0 Å². The fourth-order valence-corrected chi connectivity index (χ4v) is 4.25. The van der Waals surface area contributed by atoms with E-state index in [1.165, 1.54) is 16.3 Å². The lowest BCUT2D eigenvalue weighted by atomic mass is 10.0. The second-order valence-corrected chi connectivity index (χ2v) is 8.09. The van der Waals surface area contributed by atoms with Crippen molar-refractivity contribution in [3.63, 3.8) is 0 Å². The lowest BCUT2D eigenvalue weighted by Crippen LogP contribution is -2.12. The average Bonchev–Trinajstić information content (AvgIpc) is 3.45. The Bertz CT molecular complexity index is 1560. The molecule has 0 atom stereocenters. The van der Waals surface area contributed by atoms with Crippen LogP contribution in [0, 0.1) is 0 Å². The van der Waals surface area contributed by atoms with E-state index >= 15 is 0 Å². The third-order valence-electron chi connectivity index (χ3n) is 5.89. The number of benzene rings is 4. The van der Waals surface area contributed by atoms with Crippen molar-refractivity contribution in [2.24, 2.45) is 0 Å². The van der Waals surface area contributed by atoms with Crippen LogP contribution in [0.2, 0.25) is 0 Å². The minimum absolute atomic E-state index is 0.772. The van der Waals surface area contributed by atoms with E-state index in [1.54, 1.807) is 10.9 Å². The zero-order chi connectivity index (χ0) is 22.7. The van der Waals surface area contributed by atoms with Gasteiger partial charge in [0.05, 0.1) is 0 Å². The van der Waals surface area contributed by atoms with E-state index in [2.05, 4.69) is 88.9 Å². The van der Waals surface area contributed by atoms with Crippen molar-refractivity contribution in [3.05, 3.63) is 134 Å². The summed E-state index contributed by atoms with van der Waals surface area (Å²) in [6, 6.07) is 41.9. The highest BCUT2D eigenvalue weighted by Gasteiger charge is 2.15. The summed E-state index contributed by atoms with van der Waals surface area (Å²) in [6.07, 6.45) is 3.66. The van der Waals surface area contributed by atoms with Crippen molar-refractivity contribution in [1.82, 2.24) is 14.8 Å². The minimum atomic E-state index is 0.772. The molecule has 4 nitrogen and oxygen atoms in total. The molecule has 6 aromatic rings. The van der Waals surface area contributed by atoms with Gasteiger partial charge in [0.25, 0.3) is 0 Å². The molecule has 0 aliphatic heterocycles. The molecule has 6 rings (SSSR count). The largest absolute Gasteiger partial charge is 0.295 e. The Morgan fingerprint density at radius 2 is 1.32 bits per heavy atom. The Kier molecular flexibility index (Phi) is 5.09. The number of nitrogens with zero attached hydrogens (tertiary/aromatic N) is 4. The molecule has 2 heterocycles. The number of para-hydroxylation sites is 1. The van der Waals surface area contributed by atoms with E-state index in [0.29, 0.717) is 0 Å². The molecule has 2 aromatic heterocycles. The number of anilines is 3. The Morgan fingerprint density at radius 3 is 2.18 bits per heavy atom. The van der Waals surface area contributed by atoms with Crippen molar-refractivity contribution >= 4 is 28.0 Å². The maximum absolute atomic E-state index is 4.94. The number of aromatic nitrogens is 3. The van der Waals surface area contributed by atoms with Gasteiger partial charge in [-0.15, -0.1) is 0 Å². The zero-order valence-corrected chi connectivity index (χ0v) is 18.5. The molecule has 4 heteroatoms. The molecule has 162 valence electrons. The third kappa shape index (κ3) is 3.82. The monoisotopic (exact) mass is 438 g/mol.